The highest BCUT2D eigenvalue weighted by atomic mass is 19.3. The third kappa shape index (κ3) is 5.82. The molecular formula is C13H24F2N2O2. The summed E-state index contributed by atoms with van der Waals surface area (Å²) in [6.07, 6.45) is 1.43. The van der Waals surface area contributed by atoms with E-state index in [-0.39, 0.29) is 31.0 Å². The molecule has 1 aliphatic rings. The molecule has 0 saturated heterocycles. The number of hydrogen-bond acceptors (Lipinski definition) is 3. The van der Waals surface area contributed by atoms with Crippen LogP contribution >= 0.6 is 0 Å². The summed E-state index contributed by atoms with van der Waals surface area (Å²) in [7, 11) is 0. The Morgan fingerprint density at radius 3 is 2.53 bits per heavy atom. The first kappa shape index (κ1) is 16.3. The Morgan fingerprint density at radius 1 is 1.37 bits per heavy atom. The van der Waals surface area contributed by atoms with Gasteiger partial charge in [-0.25, -0.2) is 8.78 Å². The van der Waals surface area contributed by atoms with Crippen LogP contribution in [0.4, 0.5) is 8.78 Å². The molecule has 1 rings (SSSR count). The van der Waals surface area contributed by atoms with Crippen LogP contribution in [0, 0.1) is 0 Å². The van der Waals surface area contributed by atoms with Crippen molar-refractivity contribution in [3.8, 4) is 0 Å². The summed E-state index contributed by atoms with van der Waals surface area (Å²) < 4.78 is 28.5. The van der Waals surface area contributed by atoms with Gasteiger partial charge in [0, 0.05) is 18.6 Å². The highest BCUT2D eigenvalue weighted by Gasteiger charge is 2.26. The Balaban J connectivity index is 2.31. The molecule has 0 bridgehead atoms. The van der Waals surface area contributed by atoms with Crippen LogP contribution in [-0.4, -0.2) is 49.1 Å². The number of amides is 1. The highest BCUT2D eigenvalue weighted by Crippen LogP contribution is 2.22. The molecule has 1 aliphatic carbocycles. The summed E-state index contributed by atoms with van der Waals surface area (Å²) in [4.78, 5) is 13.9. The van der Waals surface area contributed by atoms with E-state index in [0.717, 1.165) is 25.7 Å². The lowest BCUT2D eigenvalue weighted by Gasteiger charge is -2.35. The maximum atomic E-state index is 12.0. The van der Waals surface area contributed by atoms with Gasteiger partial charge in [0.05, 0.1) is 13.0 Å². The first-order chi connectivity index (χ1) is 9.04. The van der Waals surface area contributed by atoms with E-state index in [0.29, 0.717) is 6.54 Å². The molecule has 1 saturated carbocycles. The second-order valence-corrected chi connectivity index (χ2v) is 4.96. The lowest BCUT2D eigenvalue weighted by molar-refractivity contribution is -0.135. The molecule has 0 aromatic heterocycles. The summed E-state index contributed by atoms with van der Waals surface area (Å²) in [6.45, 7) is 2.05. The Labute approximate surface area is 113 Å². The van der Waals surface area contributed by atoms with Gasteiger partial charge in [0.1, 0.15) is 6.61 Å². The van der Waals surface area contributed by atoms with Crippen molar-refractivity contribution in [2.75, 3.05) is 19.8 Å². The first-order valence-electron chi connectivity index (χ1n) is 6.95. The van der Waals surface area contributed by atoms with Crippen molar-refractivity contribution in [3.63, 3.8) is 0 Å². The van der Waals surface area contributed by atoms with Crippen LogP contribution in [0.15, 0.2) is 0 Å². The quantitative estimate of drug-likeness (QED) is 0.722. The van der Waals surface area contributed by atoms with Crippen molar-refractivity contribution in [2.24, 2.45) is 5.73 Å². The topological polar surface area (TPSA) is 55.6 Å². The van der Waals surface area contributed by atoms with E-state index in [4.69, 9.17) is 10.5 Å². The highest BCUT2D eigenvalue weighted by molar-refractivity contribution is 5.76. The monoisotopic (exact) mass is 278 g/mol. The predicted octanol–water partition coefficient (Wildman–Crippen LogP) is 1.78. The maximum absolute atomic E-state index is 12.0. The number of rotatable bonds is 7. The van der Waals surface area contributed by atoms with Gasteiger partial charge >= 0.3 is 0 Å². The predicted molar refractivity (Wildman–Crippen MR) is 69.1 cm³/mol. The van der Waals surface area contributed by atoms with Crippen molar-refractivity contribution in [1.29, 1.82) is 0 Å². The van der Waals surface area contributed by atoms with Crippen LogP contribution in [0.25, 0.3) is 0 Å². The average molecular weight is 278 g/mol. The molecule has 0 spiro atoms. The summed E-state index contributed by atoms with van der Waals surface area (Å²) in [5.41, 5.74) is 5.85. The van der Waals surface area contributed by atoms with Gasteiger partial charge in [0.25, 0.3) is 6.43 Å². The van der Waals surface area contributed by atoms with Gasteiger partial charge < -0.3 is 15.4 Å². The number of carbonyl (C=O) groups excluding carboxylic acids is 1. The summed E-state index contributed by atoms with van der Waals surface area (Å²) >= 11 is 0. The van der Waals surface area contributed by atoms with Crippen LogP contribution in [0.2, 0.25) is 0 Å². The minimum atomic E-state index is -2.47. The second-order valence-electron chi connectivity index (χ2n) is 4.96. The van der Waals surface area contributed by atoms with E-state index < -0.39 is 13.0 Å². The van der Waals surface area contributed by atoms with Crippen molar-refractivity contribution in [1.82, 2.24) is 4.90 Å². The van der Waals surface area contributed by atoms with Gasteiger partial charge in [0.15, 0.2) is 0 Å². The molecule has 0 atom stereocenters. The van der Waals surface area contributed by atoms with Crippen molar-refractivity contribution < 1.29 is 18.3 Å². The Bertz CT molecular complexity index is 269. The van der Waals surface area contributed by atoms with Crippen molar-refractivity contribution in [2.45, 2.75) is 57.5 Å². The molecule has 19 heavy (non-hydrogen) atoms. The Kier molecular flexibility index (Phi) is 7.23. The zero-order valence-electron chi connectivity index (χ0n) is 11.5. The van der Waals surface area contributed by atoms with Crippen LogP contribution < -0.4 is 5.73 Å². The minimum absolute atomic E-state index is 0.0164. The van der Waals surface area contributed by atoms with Crippen LogP contribution in [0.1, 0.15) is 39.0 Å². The molecule has 0 aliphatic heterocycles. The fourth-order valence-corrected chi connectivity index (χ4v) is 2.53. The van der Waals surface area contributed by atoms with Gasteiger partial charge in [-0.15, -0.1) is 0 Å². The number of ether oxygens (including phenoxy) is 1. The fraction of sp³-hybridized carbons (Fsp3) is 0.923. The molecule has 0 aromatic carbocycles. The third-order valence-electron chi connectivity index (χ3n) is 3.55. The first-order valence-corrected chi connectivity index (χ1v) is 6.95. The van der Waals surface area contributed by atoms with E-state index in [1.807, 2.05) is 11.8 Å². The van der Waals surface area contributed by atoms with Crippen molar-refractivity contribution >= 4 is 5.91 Å². The molecule has 0 unspecified atom stereocenters. The van der Waals surface area contributed by atoms with Gasteiger partial charge in [0.2, 0.25) is 5.91 Å². The van der Waals surface area contributed by atoms with Gasteiger partial charge in [-0.1, -0.05) is 0 Å². The van der Waals surface area contributed by atoms with Gasteiger partial charge in [-0.05, 0) is 32.6 Å². The number of alkyl halides is 2. The molecule has 0 heterocycles. The minimum Gasteiger partial charge on any atom is -0.375 e. The number of hydrogen-bond donors (Lipinski definition) is 1. The molecule has 1 amide bonds. The molecule has 6 heteroatoms. The molecular weight excluding hydrogens is 254 g/mol. The smallest absolute Gasteiger partial charge is 0.261 e. The normalized spacial score (nSPS) is 23.6. The molecule has 4 nitrogen and oxygen atoms in total. The molecule has 2 N–H and O–H groups in total. The largest absolute Gasteiger partial charge is 0.375 e. The molecule has 1 fully saturated rings. The number of nitrogens with zero attached hydrogens (tertiary/aromatic N) is 1. The van der Waals surface area contributed by atoms with Crippen LogP contribution in [0.5, 0.6) is 0 Å². The van der Waals surface area contributed by atoms with Crippen LogP contribution in [0.3, 0.4) is 0 Å². The zero-order chi connectivity index (χ0) is 14.3. The van der Waals surface area contributed by atoms with E-state index in [9.17, 15) is 13.6 Å². The van der Waals surface area contributed by atoms with Crippen LogP contribution in [-0.2, 0) is 9.53 Å². The number of halogens is 2. The van der Waals surface area contributed by atoms with Gasteiger partial charge in [-0.2, -0.15) is 0 Å². The molecule has 0 aromatic rings. The van der Waals surface area contributed by atoms with E-state index >= 15 is 0 Å². The molecule has 0 radical (unpaired) electrons. The second kappa shape index (κ2) is 8.43. The van der Waals surface area contributed by atoms with E-state index in [1.165, 1.54) is 0 Å². The standard InChI is InChI=1S/C13H24F2N2O2/c1-2-17(11-5-3-10(16)4-6-11)13(18)7-8-19-9-12(14)15/h10-12H,2-9,16H2,1H3. The Morgan fingerprint density at radius 2 is 2.00 bits per heavy atom. The number of nitrogens with two attached hydrogens (primary N) is 1. The van der Waals surface area contributed by atoms with Gasteiger partial charge in [-0.3, -0.25) is 4.79 Å². The third-order valence-corrected chi connectivity index (χ3v) is 3.55. The number of carbonyl (C=O) groups is 1. The lowest BCUT2D eigenvalue weighted by atomic mass is 9.90. The Hall–Kier alpha value is -0.750. The average Bonchev–Trinajstić information content (AvgIpc) is 2.37. The maximum Gasteiger partial charge on any atom is 0.261 e. The fourth-order valence-electron chi connectivity index (χ4n) is 2.53. The lowest BCUT2D eigenvalue weighted by Crippen LogP contribution is -2.44. The van der Waals surface area contributed by atoms with Crippen molar-refractivity contribution in [3.05, 3.63) is 0 Å². The summed E-state index contributed by atoms with van der Waals surface area (Å²) in [5, 5.41) is 0. The van der Waals surface area contributed by atoms with E-state index in [2.05, 4.69) is 0 Å². The SMILES string of the molecule is CCN(C(=O)CCOCC(F)F)C1CCC(N)CC1. The summed E-state index contributed by atoms with van der Waals surface area (Å²) in [6, 6.07) is 0.492. The zero-order valence-corrected chi connectivity index (χ0v) is 11.5. The van der Waals surface area contributed by atoms with E-state index in [1.54, 1.807) is 0 Å². The summed E-state index contributed by atoms with van der Waals surface area (Å²) in [5.74, 6) is -0.0164. The molecule has 112 valence electrons.